The van der Waals surface area contributed by atoms with Crippen LogP contribution in [0.5, 0.6) is 5.75 Å². The molecule has 0 bridgehead atoms. The van der Waals surface area contributed by atoms with E-state index < -0.39 is 0 Å². The molecule has 1 amide bonds. The van der Waals surface area contributed by atoms with Crippen LogP contribution in [0.15, 0.2) is 24.3 Å². The summed E-state index contributed by atoms with van der Waals surface area (Å²) in [6.45, 7) is 2.03. The average Bonchev–Trinajstić information content (AvgIpc) is 2.48. The van der Waals surface area contributed by atoms with Crippen molar-refractivity contribution in [3.8, 4) is 5.75 Å². The van der Waals surface area contributed by atoms with Gasteiger partial charge in [0, 0.05) is 12.1 Å². The molecule has 1 fully saturated rings. The quantitative estimate of drug-likeness (QED) is 0.874. The van der Waals surface area contributed by atoms with Gasteiger partial charge in [-0.15, -0.1) is 0 Å². The van der Waals surface area contributed by atoms with Crippen molar-refractivity contribution in [1.82, 2.24) is 5.32 Å². The molecule has 1 aromatic rings. The molecule has 0 aromatic heterocycles. The van der Waals surface area contributed by atoms with Crippen molar-refractivity contribution in [2.75, 3.05) is 7.11 Å². The number of benzene rings is 1. The number of nitrogens with two attached hydrogens (primary N) is 1. The number of carbonyl (C=O) groups excluding carboxylic acids is 1. The van der Waals surface area contributed by atoms with Crippen molar-refractivity contribution in [2.45, 2.75) is 51.1 Å². The number of para-hydroxylation sites is 1. The van der Waals surface area contributed by atoms with E-state index in [0.29, 0.717) is 0 Å². The molecule has 2 rings (SSSR count). The molecule has 1 aliphatic carbocycles. The Bertz CT molecular complexity index is 476. The highest BCUT2D eigenvalue weighted by Gasteiger charge is 2.28. The molecule has 0 aliphatic heterocycles. The third-order valence-electron chi connectivity index (χ3n) is 4.26. The zero-order valence-electron chi connectivity index (χ0n) is 13.0. The molecule has 3 N–H and O–H groups in total. The minimum Gasteiger partial charge on any atom is -0.496 e. The van der Waals surface area contributed by atoms with Crippen LogP contribution in [0, 0.1) is 5.92 Å². The van der Waals surface area contributed by atoms with E-state index in [1.54, 1.807) is 7.11 Å². The smallest absolute Gasteiger partial charge is 0.224 e. The second-order valence-corrected chi connectivity index (χ2v) is 5.98. The Morgan fingerprint density at radius 1 is 1.38 bits per heavy atom. The second-order valence-electron chi connectivity index (χ2n) is 5.98. The summed E-state index contributed by atoms with van der Waals surface area (Å²) >= 11 is 0. The molecule has 1 aromatic carbocycles. The minimum absolute atomic E-state index is 0.0113. The van der Waals surface area contributed by atoms with Crippen molar-refractivity contribution < 1.29 is 9.53 Å². The molecule has 0 radical (unpaired) electrons. The number of amides is 1. The van der Waals surface area contributed by atoms with Gasteiger partial charge in [0.2, 0.25) is 5.91 Å². The van der Waals surface area contributed by atoms with Gasteiger partial charge in [-0.25, -0.2) is 0 Å². The molecular formula is C17H26N2O2. The number of rotatable bonds is 5. The zero-order chi connectivity index (χ0) is 15.2. The van der Waals surface area contributed by atoms with Gasteiger partial charge in [-0.3, -0.25) is 4.79 Å². The molecule has 1 aliphatic rings. The standard InChI is InChI=1S/C17H26N2O2/c1-12(11-13-7-3-6-10-16(13)21-2)19-17(20)14-8-4-5-9-15(14)18/h3,6-7,10,12,14-15H,4-5,8-9,11,18H2,1-2H3,(H,19,20). The lowest BCUT2D eigenvalue weighted by Gasteiger charge is -2.28. The van der Waals surface area contributed by atoms with E-state index in [1.165, 1.54) is 0 Å². The molecule has 0 heterocycles. The van der Waals surface area contributed by atoms with Crippen molar-refractivity contribution in [3.05, 3.63) is 29.8 Å². The summed E-state index contributed by atoms with van der Waals surface area (Å²) < 4.78 is 5.35. The number of carbonyl (C=O) groups is 1. The first-order chi connectivity index (χ1) is 10.1. The van der Waals surface area contributed by atoms with Crippen LogP contribution in [0.25, 0.3) is 0 Å². The van der Waals surface area contributed by atoms with Gasteiger partial charge in [-0.2, -0.15) is 0 Å². The molecule has 4 nitrogen and oxygen atoms in total. The van der Waals surface area contributed by atoms with Crippen LogP contribution in [-0.4, -0.2) is 25.1 Å². The van der Waals surface area contributed by atoms with Crippen LogP contribution in [0.4, 0.5) is 0 Å². The van der Waals surface area contributed by atoms with E-state index in [-0.39, 0.29) is 23.9 Å². The lowest BCUT2D eigenvalue weighted by Crippen LogP contribution is -2.46. The molecule has 116 valence electrons. The first-order valence-electron chi connectivity index (χ1n) is 7.79. The van der Waals surface area contributed by atoms with Crippen molar-refractivity contribution in [2.24, 2.45) is 11.7 Å². The molecule has 1 saturated carbocycles. The Morgan fingerprint density at radius 2 is 2.10 bits per heavy atom. The summed E-state index contributed by atoms with van der Waals surface area (Å²) in [7, 11) is 1.67. The Morgan fingerprint density at radius 3 is 2.81 bits per heavy atom. The molecule has 21 heavy (non-hydrogen) atoms. The van der Waals surface area contributed by atoms with Gasteiger partial charge in [-0.05, 0) is 37.8 Å². The second kappa shape index (κ2) is 7.46. The topological polar surface area (TPSA) is 64.3 Å². The fourth-order valence-corrected chi connectivity index (χ4v) is 3.09. The predicted octanol–water partition coefficient (Wildman–Crippen LogP) is 2.26. The van der Waals surface area contributed by atoms with E-state index in [2.05, 4.69) is 5.32 Å². The van der Waals surface area contributed by atoms with E-state index in [4.69, 9.17) is 10.5 Å². The minimum atomic E-state index is -0.0288. The van der Waals surface area contributed by atoms with Gasteiger partial charge < -0.3 is 15.8 Å². The maximum absolute atomic E-state index is 12.3. The molecule has 3 unspecified atom stereocenters. The monoisotopic (exact) mass is 290 g/mol. The fraction of sp³-hybridized carbons (Fsp3) is 0.588. The number of ether oxygens (including phenoxy) is 1. The maximum Gasteiger partial charge on any atom is 0.224 e. The Hall–Kier alpha value is -1.55. The van der Waals surface area contributed by atoms with Gasteiger partial charge in [0.1, 0.15) is 5.75 Å². The molecular weight excluding hydrogens is 264 g/mol. The first kappa shape index (κ1) is 15.8. The van der Waals surface area contributed by atoms with Crippen molar-refractivity contribution in [1.29, 1.82) is 0 Å². The highest BCUT2D eigenvalue weighted by molar-refractivity contribution is 5.79. The summed E-state index contributed by atoms with van der Waals surface area (Å²) in [6.07, 6.45) is 4.87. The predicted molar refractivity (Wildman–Crippen MR) is 84.2 cm³/mol. The third kappa shape index (κ3) is 4.21. The van der Waals surface area contributed by atoms with Crippen LogP contribution in [0.2, 0.25) is 0 Å². The third-order valence-corrected chi connectivity index (χ3v) is 4.26. The summed E-state index contributed by atoms with van der Waals surface area (Å²) in [6, 6.07) is 8.00. The van der Waals surface area contributed by atoms with Gasteiger partial charge in [0.05, 0.1) is 13.0 Å². The summed E-state index contributed by atoms with van der Waals surface area (Å²) in [5.41, 5.74) is 7.18. The van der Waals surface area contributed by atoms with Crippen molar-refractivity contribution >= 4 is 5.91 Å². The normalized spacial score (nSPS) is 23.4. The van der Waals surface area contributed by atoms with Crippen LogP contribution >= 0.6 is 0 Å². The van der Waals surface area contributed by atoms with Crippen molar-refractivity contribution in [3.63, 3.8) is 0 Å². The zero-order valence-corrected chi connectivity index (χ0v) is 13.0. The van der Waals surface area contributed by atoms with Gasteiger partial charge >= 0.3 is 0 Å². The number of nitrogens with one attached hydrogen (secondary N) is 1. The van der Waals surface area contributed by atoms with E-state index in [9.17, 15) is 4.79 Å². The fourth-order valence-electron chi connectivity index (χ4n) is 3.09. The SMILES string of the molecule is COc1ccccc1CC(C)NC(=O)C1CCCCC1N. The summed E-state index contributed by atoms with van der Waals surface area (Å²) in [4.78, 5) is 12.3. The van der Waals surface area contributed by atoms with Crippen LogP contribution in [-0.2, 0) is 11.2 Å². The highest BCUT2D eigenvalue weighted by atomic mass is 16.5. The van der Waals surface area contributed by atoms with Gasteiger partial charge in [0.15, 0.2) is 0 Å². The Labute approximate surface area is 127 Å². The molecule has 0 spiro atoms. The van der Waals surface area contributed by atoms with Crippen LogP contribution in [0.3, 0.4) is 0 Å². The summed E-state index contributed by atoms with van der Waals surface area (Å²) in [5.74, 6) is 0.941. The number of hydrogen-bond acceptors (Lipinski definition) is 3. The van der Waals surface area contributed by atoms with Crippen LogP contribution < -0.4 is 15.8 Å². The lowest BCUT2D eigenvalue weighted by molar-refractivity contribution is -0.127. The molecule has 3 atom stereocenters. The van der Waals surface area contributed by atoms with E-state index in [0.717, 1.165) is 43.4 Å². The summed E-state index contributed by atoms with van der Waals surface area (Å²) in [5, 5.41) is 3.11. The molecule has 4 heteroatoms. The highest BCUT2D eigenvalue weighted by Crippen LogP contribution is 2.24. The molecule has 0 saturated heterocycles. The maximum atomic E-state index is 12.3. The number of hydrogen-bond donors (Lipinski definition) is 2. The van der Waals surface area contributed by atoms with E-state index >= 15 is 0 Å². The van der Waals surface area contributed by atoms with Gasteiger partial charge in [0.25, 0.3) is 0 Å². The largest absolute Gasteiger partial charge is 0.496 e. The Balaban J connectivity index is 1.91. The average molecular weight is 290 g/mol. The lowest BCUT2D eigenvalue weighted by atomic mass is 9.84. The first-order valence-corrected chi connectivity index (χ1v) is 7.79. The van der Waals surface area contributed by atoms with Gasteiger partial charge in [-0.1, -0.05) is 31.0 Å². The van der Waals surface area contributed by atoms with E-state index in [1.807, 2.05) is 31.2 Å². The Kier molecular flexibility index (Phi) is 5.62. The van der Waals surface area contributed by atoms with Crippen LogP contribution in [0.1, 0.15) is 38.2 Å². The number of methoxy groups -OCH3 is 1.